The van der Waals surface area contributed by atoms with Gasteiger partial charge in [0.15, 0.2) is 0 Å². The summed E-state index contributed by atoms with van der Waals surface area (Å²) in [4.78, 5) is 8.62. The van der Waals surface area contributed by atoms with Crippen molar-refractivity contribution in [2.75, 3.05) is 5.73 Å². The Morgan fingerprint density at radius 1 is 0.923 bits per heavy atom. The third kappa shape index (κ3) is 3.01. The van der Waals surface area contributed by atoms with Crippen LogP contribution in [0.15, 0.2) is 71.4 Å². The van der Waals surface area contributed by atoms with Gasteiger partial charge in [-0.15, -0.1) is 0 Å². The lowest BCUT2D eigenvalue weighted by molar-refractivity contribution is 0.432. The van der Waals surface area contributed by atoms with E-state index in [1.54, 1.807) is 24.4 Å². The van der Waals surface area contributed by atoms with Crippen molar-refractivity contribution >= 4 is 5.69 Å². The Balaban J connectivity index is 1.79. The molecule has 0 atom stereocenters. The van der Waals surface area contributed by atoms with Crippen molar-refractivity contribution < 1.29 is 4.52 Å². The second-order valence-corrected chi connectivity index (χ2v) is 5.67. The molecule has 0 fully saturated rings. The van der Waals surface area contributed by atoms with Crippen LogP contribution in [-0.4, -0.2) is 15.1 Å². The Morgan fingerprint density at radius 3 is 2.58 bits per heavy atom. The first-order valence-corrected chi connectivity index (χ1v) is 7.89. The molecule has 0 radical (unpaired) electrons. The number of hydrogen-bond acceptors (Lipinski definition) is 6. The molecule has 2 aromatic carbocycles. The maximum Gasteiger partial charge on any atom is 0.258 e. The predicted molar refractivity (Wildman–Crippen MR) is 97.5 cm³/mol. The van der Waals surface area contributed by atoms with Gasteiger partial charge in [0.1, 0.15) is 5.69 Å². The fraction of sp³-hybridized carbons (Fsp3) is 0. The highest BCUT2D eigenvalue weighted by molar-refractivity contribution is 5.74. The van der Waals surface area contributed by atoms with Crippen LogP contribution in [0.3, 0.4) is 0 Å². The summed E-state index contributed by atoms with van der Waals surface area (Å²) in [7, 11) is 0. The summed E-state index contributed by atoms with van der Waals surface area (Å²) in [6, 6.07) is 20.5. The Morgan fingerprint density at radius 2 is 1.81 bits per heavy atom. The molecule has 0 saturated carbocycles. The second kappa shape index (κ2) is 6.49. The average molecular weight is 339 g/mol. The van der Waals surface area contributed by atoms with Crippen LogP contribution < -0.4 is 5.73 Å². The molecule has 0 bridgehead atoms. The third-order valence-corrected chi connectivity index (χ3v) is 3.85. The normalized spacial score (nSPS) is 10.4. The van der Waals surface area contributed by atoms with E-state index in [1.165, 1.54) is 0 Å². The van der Waals surface area contributed by atoms with Crippen LogP contribution in [0.5, 0.6) is 0 Å². The molecule has 6 heteroatoms. The van der Waals surface area contributed by atoms with Crippen LogP contribution in [0.1, 0.15) is 5.56 Å². The molecule has 4 aromatic rings. The topological polar surface area (TPSA) is 102 Å². The zero-order valence-electron chi connectivity index (χ0n) is 13.6. The molecular weight excluding hydrogens is 326 g/mol. The number of anilines is 1. The first-order valence-electron chi connectivity index (χ1n) is 7.89. The molecule has 26 heavy (non-hydrogen) atoms. The molecule has 0 amide bonds. The fourth-order valence-corrected chi connectivity index (χ4v) is 2.64. The average Bonchev–Trinajstić information content (AvgIpc) is 3.18. The number of aromatic nitrogens is 3. The largest absolute Gasteiger partial charge is 0.399 e. The Kier molecular flexibility index (Phi) is 3.88. The lowest BCUT2D eigenvalue weighted by Gasteiger charge is -2.05. The van der Waals surface area contributed by atoms with Gasteiger partial charge in [-0.2, -0.15) is 10.2 Å². The van der Waals surface area contributed by atoms with Crippen molar-refractivity contribution in [3.63, 3.8) is 0 Å². The predicted octanol–water partition coefficient (Wildman–Crippen LogP) is 3.92. The molecular formula is C20H13N5O. The molecule has 2 N–H and O–H groups in total. The van der Waals surface area contributed by atoms with Gasteiger partial charge in [-0.3, -0.25) is 4.98 Å². The molecule has 0 unspecified atom stereocenters. The Hall–Kier alpha value is -3.98. The second-order valence-electron chi connectivity index (χ2n) is 5.67. The molecule has 0 aliphatic rings. The summed E-state index contributed by atoms with van der Waals surface area (Å²) >= 11 is 0. The van der Waals surface area contributed by atoms with Gasteiger partial charge >= 0.3 is 0 Å². The standard InChI is InChI=1S/C20H13N5O/c21-12-13-8-15(14-4-3-5-17(22)11-14)10-16(9-13)20-24-19(25-26-20)18-6-1-2-7-23-18/h1-11H,22H2. The molecule has 2 heterocycles. The van der Waals surface area contributed by atoms with E-state index in [1.807, 2.05) is 42.5 Å². The van der Waals surface area contributed by atoms with Gasteiger partial charge in [0, 0.05) is 17.4 Å². The lowest BCUT2D eigenvalue weighted by Crippen LogP contribution is -1.88. The zero-order valence-corrected chi connectivity index (χ0v) is 13.6. The summed E-state index contributed by atoms with van der Waals surface area (Å²) < 4.78 is 5.38. The van der Waals surface area contributed by atoms with Crippen molar-refractivity contribution in [3.8, 4) is 40.2 Å². The summed E-state index contributed by atoms with van der Waals surface area (Å²) in [5.74, 6) is 0.723. The summed E-state index contributed by atoms with van der Waals surface area (Å²) in [6.45, 7) is 0. The van der Waals surface area contributed by atoms with Gasteiger partial charge in [0.25, 0.3) is 5.89 Å². The minimum atomic E-state index is 0.327. The summed E-state index contributed by atoms with van der Waals surface area (Å²) in [5, 5.41) is 13.4. The van der Waals surface area contributed by atoms with Gasteiger partial charge < -0.3 is 10.3 Å². The fourth-order valence-electron chi connectivity index (χ4n) is 2.64. The molecule has 2 aromatic heterocycles. The number of rotatable bonds is 3. The van der Waals surface area contributed by atoms with E-state index in [4.69, 9.17) is 10.3 Å². The van der Waals surface area contributed by atoms with E-state index in [9.17, 15) is 5.26 Å². The van der Waals surface area contributed by atoms with Gasteiger partial charge in [-0.1, -0.05) is 23.4 Å². The van der Waals surface area contributed by atoms with E-state index >= 15 is 0 Å². The van der Waals surface area contributed by atoms with E-state index in [-0.39, 0.29) is 0 Å². The molecule has 6 nitrogen and oxygen atoms in total. The quantitative estimate of drug-likeness (QED) is 0.568. The van der Waals surface area contributed by atoms with Gasteiger partial charge in [-0.05, 0) is 53.6 Å². The van der Waals surface area contributed by atoms with Crippen molar-refractivity contribution in [3.05, 3.63) is 72.4 Å². The molecule has 0 aliphatic heterocycles. The number of pyridine rings is 1. The van der Waals surface area contributed by atoms with Crippen molar-refractivity contribution in [2.45, 2.75) is 0 Å². The lowest BCUT2D eigenvalue weighted by atomic mass is 9.99. The highest BCUT2D eigenvalue weighted by atomic mass is 16.5. The number of nitrogen functional groups attached to an aromatic ring is 1. The molecule has 0 spiro atoms. The van der Waals surface area contributed by atoms with Crippen molar-refractivity contribution in [1.82, 2.24) is 15.1 Å². The van der Waals surface area contributed by atoms with Crippen LogP contribution in [0.2, 0.25) is 0 Å². The van der Waals surface area contributed by atoms with Crippen LogP contribution in [-0.2, 0) is 0 Å². The van der Waals surface area contributed by atoms with E-state index in [2.05, 4.69) is 21.2 Å². The third-order valence-electron chi connectivity index (χ3n) is 3.85. The highest BCUT2D eigenvalue weighted by Gasteiger charge is 2.13. The van der Waals surface area contributed by atoms with Crippen molar-refractivity contribution in [1.29, 1.82) is 5.26 Å². The number of nitrogens with two attached hydrogens (primary N) is 1. The maximum absolute atomic E-state index is 9.37. The summed E-state index contributed by atoms with van der Waals surface area (Å²) in [5.41, 5.74) is 10.1. The van der Waals surface area contributed by atoms with Crippen LogP contribution in [0.25, 0.3) is 34.1 Å². The van der Waals surface area contributed by atoms with Crippen LogP contribution in [0, 0.1) is 11.3 Å². The number of hydrogen-bond donors (Lipinski definition) is 1. The van der Waals surface area contributed by atoms with Crippen LogP contribution in [0.4, 0.5) is 5.69 Å². The summed E-state index contributed by atoms with van der Waals surface area (Å²) in [6.07, 6.45) is 1.67. The Labute approximate surface area is 149 Å². The van der Waals surface area contributed by atoms with E-state index in [0.29, 0.717) is 34.2 Å². The van der Waals surface area contributed by atoms with Gasteiger partial charge in [0.05, 0.1) is 11.6 Å². The van der Waals surface area contributed by atoms with E-state index in [0.717, 1.165) is 11.1 Å². The molecule has 0 aliphatic carbocycles. The minimum Gasteiger partial charge on any atom is -0.399 e. The first kappa shape index (κ1) is 15.5. The molecule has 4 rings (SSSR count). The van der Waals surface area contributed by atoms with Crippen molar-refractivity contribution in [2.24, 2.45) is 0 Å². The number of nitrogens with zero attached hydrogens (tertiary/aromatic N) is 4. The van der Waals surface area contributed by atoms with Crippen LogP contribution >= 0.6 is 0 Å². The Bertz CT molecular complexity index is 1110. The zero-order chi connectivity index (χ0) is 17.9. The number of nitriles is 1. The first-order chi connectivity index (χ1) is 12.7. The van der Waals surface area contributed by atoms with Gasteiger partial charge in [0.2, 0.25) is 5.82 Å². The minimum absolute atomic E-state index is 0.327. The monoisotopic (exact) mass is 339 g/mol. The molecule has 124 valence electrons. The smallest absolute Gasteiger partial charge is 0.258 e. The SMILES string of the molecule is N#Cc1cc(-c2cccc(N)c2)cc(-c2nc(-c3ccccn3)no2)c1. The highest BCUT2D eigenvalue weighted by Crippen LogP contribution is 2.29. The molecule has 0 saturated heterocycles. The maximum atomic E-state index is 9.37. The number of benzene rings is 2. The van der Waals surface area contributed by atoms with Gasteiger partial charge in [-0.25, -0.2) is 0 Å². The van der Waals surface area contributed by atoms with E-state index < -0.39 is 0 Å².